The van der Waals surface area contributed by atoms with Crippen molar-refractivity contribution < 1.29 is 5.11 Å². The summed E-state index contributed by atoms with van der Waals surface area (Å²) in [6.45, 7) is 11.7. The van der Waals surface area contributed by atoms with Crippen molar-refractivity contribution in [3.8, 4) is 0 Å². The van der Waals surface area contributed by atoms with Gasteiger partial charge in [-0.15, -0.1) is 0 Å². The fraction of sp³-hybridized carbons (Fsp3) is 0.789. The zero-order chi connectivity index (χ0) is 17.6. The Morgan fingerprint density at radius 3 is 2.62 bits per heavy atom. The number of nitrogens with zero attached hydrogens (tertiary/aromatic N) is 3. The van der Waals surface area contributed by atoms with E-state index in [9.17, 15) is 5.11 Å². The first-order valence-electron chi connectivity index (χ1n) is 9.38. The first-order valence-corrected chi connectivity index (χ1v) is 9.38. The van der Waals surface area contributed by atoms with Gasteiger partial charge in [0.2, 0.25) is 5.95 Å². The fourth-order valence-electron chi connectivity index (χ4n) is 3.09. The van der Waals surface area contributed by atoms with Gasteiger partial charge in [0.1, 0.15) is 0 Å². The predicted molar refractivity (Wildman–Crippen MR) is 99.2 cm³/mol. The van der Waals surface area contributed by atoms with Gasteiger partial charge in [-0.1, -0.05) is 13.8 Å². The standard InChI is InChI=1S/C19H34N4O/c1-15(2)8-9-19(4,24)14-20-13-17-12-16(3)21-18(22-17)23-10-6-5-7-11-23/h12,15,20,24H,5-11,13-14H2,1-4H3. The van der Waals surface area contributed by atoms with Gasteiger partial charge < -0.3 is 15.3 Å². The summed E-state index contributed by atoms with van der Waals surface area (Å²) in [4.78, 5) is 11.6. The highest BCUT2D eigenvalue weighted by atomic mass is 16.3. The van der Waals surface area contributed by atoms with Crippen LogP contribution in [0.4, 0.5) is 5.95 Å². The lowest BCUT2D eigenvalue weighted by Gasteiger charge is -2.27. The van der Waals surface area contributed by atoms with Crippen LogP contribution in [0.1, 0.15) is 64.3 Å². The minimum atomic E-state index is -0.665. The summed E-state index contributed by atoms with van der Waals surface area (Å²) in [5.41, 5.74) is 1.35. The molecule has 24 heavy (non-hydrogen) atoms. The van der Waals surface area contributed by atoms with Crippen LogP contribution in [-0.4, -0.2) is 40.3 Å². The third kappa shape index (κ3) is 6.36. The maximum absolute atomic E-state index is 10.5. The van der Waals surface area contributed by atoms with Crippen molar-refractivity contribution in [2.45, 2.75) is 71.9 Å². The second-order valence-corrected chi connectivity index (χ2v) is 7.88. The molecule has 136 valence electrons. The lowest BCUT2D eigenvalue weighted by Crippen LogP contribution is -2.38. The third-order valence-corrected chi connectivity index (χ3v) is 4.61. The Hall–Kier alpha value is -1.20. The van der Waals surface area contributed by atoms with Gasteiger partial charge in [-0.2, -0.15) is 0 Å². The van der Waals surface area contributed by atoms with Crippen LogP contribution in [0.2, 0.25) is 0 Å². The van der Waals surface area contributed by atoms with Crippen molar-refractivity contribution in [2.24, 2.45) is 5.92 Å². The molecule has 2 N–H and O–H groups in total. The topological polar surface area (TPSA) is 61.3 Å². The van der Waals surface area contributed by atoms with Crippen LogP contribution < -0.4 is 10.2 Å². The summed E-state index contributed by atoms with van der Waals surface area (Å²) in [5.74, 6) is 1.48. The molecule has 2 heterocycles. The summed E-state index contributed by atoms with van der Waals surface area (Å²) < 4.78 is 0. The van der Waals surface area contributed by atoms with Crippen molar-refractivity contribution in [3.63, 3.8) is 0 Å². The SMILES string of the molecule is Cc1cc(CNCC(C)(O)CCC(C)C)nc(N2CCCCC2)n1. The molecule has 2 rings (SSSR count). The molecule has 1 aromatic rings. The van der Waals surface area contributed by atoms with E-state index < -0.39 is 5.60 Å². The van der Waals surface area contributed by atoms with E-state index in [2.05, 4.69) is 29.0 Å². The summed E-state index contributed by atoms with van der Waals surface area (Å²) >= 11 is 0. The molecule has 0 saturated carbocycles. The number of anilines is 1. The number of hydrogen-bond donors (Lipinski definition) is 2. The number of hydrogen-bond acceptors (Lipinski definition) is 5. The Labute approximate surface area is 146 Å². The molecule has 1 saturated heterocycles. The van der Waals surface area contributed by atoms with Gasteiger partial charge in [0.05, 0.1) is 11.3 Å². The van der Waals surface area contributed by atoms with Gasteiger partial charge in [-0.05, 0) is 57.9 Å². The average Bonchev–Trinajstić information content (AvgIpc) is 2.53. The maximum Gasteiger partial charge on any atom is 0.225 e. The van der Waals surface area contributed by atoms with Gasteiger partial charge in [0.15, 0.2) is 0 Å². The van der Waals surface area contributed by atoms with E-state index in [1.807, 2.05) is 19.9 Å². The number of aromatic nitrogens is 2. The Balaban J connectivity index is 1.89. The van der Waals surface area contributed by atoms with E-state index >= 15 is 0 Å². The van der Waals surface area contributed by atoms with Crippen molar-refractivity contribution in [2.75, 3.05) is 24.5 Å². The Bertz CT molecular complexity index is 510. The van der Waals surface area contributed by atoms with Crippen molar-refractivity contribution in [3.05, 3.63) is 17.5 Å². The van der Waals surface area contributed by atoms with Crippen LogP contribution in [0.3, 0.4) is 0 Å². The van der Waals surface area contributed by atoms with Crippen LogP contribution in [0.5, 0.6) is 0 Å². The lowest BCUT2D eigenvalue weighted by atomic mass is 9.95. The largest absolute Gasteiger partial charge is 0.389 e. The molecule has 0 aliphatic carbocycles. The van der Waals surface area contributed by atoms with Crippen LogP contribution in [0.15, 0.2) is 6.07 Å². The Morgan fingerprint density at radius 2 is 1.96 bits per heavy atom. The Kier molecular flexibility index (Phi) is 6.99. The molecule has 0 spiro atoms. The van der Waals surface area contributed by atoms with Crippen molar-refractivity contribution in [1.82, 2.24) is 15.3 Å². The zero-order valence-corrected chi connectivity index (χ0v) is 15.8. The maximum atomic E-state index is 10.5. The monoisotopic (exact) mass is 334 g/mol. The average molecular weight is 335 g/mol. The number of piperidine rings is 1. The van der Waals surface area contributed by atoms with Gasteiger partial charge in [0, 0.05) is 31.9 Å². The second-order valence-electron chi connectivity index (χ2n) is 7.88. The molecule has 0 radical (unpaired) electrons. The van der Waals surface area contributed by atoms with Crippen molar-refractivity contribution in [1.29, 1.82) is 0 Å². The summed E-state index contributed by atoms with van der Waals surface area (Å²) in [6.07, 6.45) is 5.62. The van der Waals surface area contributed by atoms with Crippen molar-refractivity contribution >= 4 is 5.95 Å². The molecule has 0 aromatic carbocycles. The number of rotatable bonds is 8. The summed E-state index contributed by atoms with van der Waals surface area (Å²) in [5, 5.41) is 13.8. The predicted octanol–water partition coefficient (Wildman–Crippen LogP) is 3.05. The molecule has 1 atom stereocenters. The highest BCUT2D eigenvalue weighted by molar-refractivity contribution is 5.32. The minimum absolute atomic E-state index is 0.585. The first-order chi connectivity index (χ1) is 11.4. The van der Waals surface area contributed by atoms with Crippen LogP contribution >= 0.6 is 0 Å². The van der Waals surface area contributed by atoms with E-state index in [1.54, 1.807) is 0 Å². The van der Waals surface area contributed by atoms with Gasteiger partial charge in [0.25, 0.3) is 0 Å². The fourth-order valence-corrected chi connectivity index (χ4v) is 3.09. The molecule has 5 heteroatoms. The van der Waals surface area contributed by atoms with Gasteiger partial charge >= 0.3 is 0 Å². The molecule has 5 nitrogen and oxygen atoms in total. The second kappa shape index (κ2) is 8.77. The molecule has 1 aliphatic heterocycles. The third-order valence-electron chi connectivity index (χ3n) is 4.61. The van der Waals surface area contributed by atoms with E-state index in [1.165, 1.54) is 19.3 Å². The van der Waals surface area contributed by atoms with Gasteiger partial charge in [-0.3, -0.25) is 0 Å². The minimum Gasteiger partial charge on any atom is -0.389 e. The normalized spacial score (nSPS) is 18.0. The molecule has 1 unspecified atom stereocenters. The molecular formula is C19H34N4O. The number of nitrogens with one attached hydrogen (secondary N) is 1. The van der Waals surface area contributed by atoms with Gasteiger partial charge in [-0.25, -0.2) is 9.97 Å². The molecule has 1 aliphatic rings. The summed E-state index contributed by atoms with van der Waals surface area (Å²) in [6, 6.07) is 2.03. The van der Waals surface area contributed by atoms with Crippen LogP contribution in [0, 0.1) is 12.8 Å². The van der Waals surface area contributed by atoms with Crippen LogP contribution in [-0.2, 0) is 6.54 Å². The highest BCUT2D eigenvalue weighted by Gasteiger charge is 2.20. The molecule has 1 fully saturated rings. The van der Waals surface area contributed by atoms with Crippen LogP contribution in [0.25, 0.3) is 0 Å². The molecule has 0 bridgehead atoms. The van der Waals surface area contributed by atoms with E-state index in [0.29, 0.717) is 19.0 Å². The summed E-state index contributed by atoms with van der Waals surface area (Å²) in [7, 11) is 0. The molecular weight excluding hydrogens is 300 g/mol. The number of aryl methyl sites for hydroxylation is 1. The number of aliphatic hydroxyl groups is 1. The lowest BCUT2D eigenvalue weighted by molar-refractivity contribution is 0.0450. The smallest absolute Gasteiger partial charge is 0.225 e. The highest BCUT2D eigenvalue weighted by Crippen LogP contribution is 2.18. The van der Waals surface area contributed by atoms with E-state index in [0.717, 1.165) is 43.3 Å². The first kappa shape index (κ1) is 19.1. The molecule has 1 aromatic heterocycles. The quantitative estimate of drug-likeness (QED) is 0.765. The van der Waals surface area contributed by atoms with E-state index in [4.69, 9.17) is 4.98 Å². The molecule has 0 amide bonds. The zero-order valence-electron chi connectivity index (χ0n) is 15.8. The van der Waals surface area contributed by atoms with E-state index in [-0.39, 0.29) is 0 Å². The Morgan fingerprint density at radius 1 is 1.25 bits per heavy atom.